The summed E-state index contributed by atoms with van der Waals surface area (Å²) in [5, 5.41) is 0.670. The van der Waals surface area contributed by atoms with Gasteiger partial charge in [-0.25, -0.2) is 4.98 Å². The van der Waals surface area contributed by atoms with Gasteiger partial charge in [-0.3, -0.25) is 0 Å². The second-order valence-electron chi connectivity index (χ2n) is 3.18. The molecule has 1 aromatic carbocycles. The van der Waals surface area contributed by atoms with Crippen molar-refractivity contribution >= 4 is 23.2 Å². The van der Waals surface area contributed by atoms with E-state index in [4.69, 9.17) is 23.1 Å². The van der Waals surface area contributed by atoms with Gasteiger partial charge in [-0.15, -0.1) is 0 Å². The van der Waals surface area contributed by atoms with Crippen LogP contribution in [0.4, 0.5) is 11.6 Å². The van der Waals surface area contributed by atoms with Crippen molar-refractivity contribution in [1.29, 1.82) is 0 Å². The summed E-state index contributed by atoms with van der Waals surface area (Å²) in [7, 11) is 0. The maximum absolute atomic E-state index is 5.89. The number of hydrogen-bond acceptors (Lipinski definition) is 3. The number of rotatable bonds is 1. The molecule has 1 heterocycles. The molecule has 2 aromatic rings. The fraction of sp³-hybridized carbons (Fsp3) is 0. The molecule has 76 valence electrons. The number of halogens is 1. The molecule has 3 nitrogen and oxygen atoms in total. The Balaban J connectivity index is 2.54. The third-order valence-electron chi connectivity index (χ3n) is 2.08. The molecular weight excluding hydrogens is 210 g/mol. The fourth-order valence-corrected chi connectivity index (χ4v) is 1.58. The largest absolute Gasteiger partial charge is 0.384 e. The van der Waals surface area contributed by atoms with E-state index in [1.807, 2.05) is 30.3 Å². The van der Waals surface area contributed by atoms with Gasteiger partial charge < -0.3 is 11.5 Å². The third-order valence-corrected chi connectivity index (χ3v) is 2.32. The highest BCUT2D eigenvalue weighted by atomic mass is 35.5. The summed E-state index contributed by atoms with van der Waals surface area (Å²) in [5.41, 5.74) is 13.1. The number of nitrogen functional groups attached to an aromatic ring is 2. The zero-order chi connectivity index (χ0) is 10.8. The Bertz CT molecular complexity index is 497. The van der Waals surface area contributed by atoms with Crippen molar-refractivity contribution in [3.8, 4) is 11.1 Å². The predicted octanol–water partition coefficient (Wildman–Crippen LogP) is 2.57. The van der Waals surface area contributed by atoms with E-state index in [1.165, 1.54) is 0 Å². The van der Waals surface area contributed by atoms with Crippen molar-refractivity contribution in [1.82, 2.24) is 4.98 Å². The molecule has 2 rings (SSSR count). The van der Waals surface area contributed by atoms with Crippen LogP contribution >= 0.6 is 11.6 Å². The molecule has 0 saturated carbocycles. The van der Waals surface area contributed by atoms with Crippen LogP contribution in [0.5, 0.6) is 0 Å². The normalized spacial score (nSPS) is 10.2. The third kappa shape index (κ3) is 2.02. The summed E-state index contributed by atoms with van der Waals surface area (Å²) in [6, 6.07) is 11.0. The summed E-state index contributed by atoms with van der Waals surface area (Å²) >= 11 is 5.89. The van der Waals surface area contributed by atoms with Crippen LogP contribution in [-0.4, -0.2) is 4.98 Å². The first-order valence-corrected chi connectivity index (χ1v) is 4.82. The molecule has 0 aliphatic rings. The lowest BCUT2D eigenvalue weighted by Gasteiger charge is -2.05. The Kier molecular flexibility index (Phi) is 2.47. The topological polar surface area (TPSA) is 64.9 Å². The second kappa shape index (κ2) is 3.79. The van der Waals surface area contributed by atoms with Crippen molar-refractivity contribution in [2.75, 3.05) is 11.5 Å². The lowest BCUT2D eigenvalue weighted by Crippen LogP contribution is -1.97. The summed E-state index contributed by atoms with van der Waals surface area (Å²) in [6.45, 7) is 0. The molecule has 0 unspecified atom stereocenters. The first kappa shape index (κ1) is 9.80. The Morgan fingerprint density at radius 2 is 1.87 bits per heavy atom. The monoisotopic (exact) mass is 219 g/mol. The van der Waals surface area contributed by atoms with E-state index in [1.54, 1.807) is 6.07 Å². The zero-order valence-electron chi connectivity index (χ0n) is 7.94. The summed E-state index contributed by atoms with van der Waals surface area (Å²) in [6.07, 6.45) is 0. The van der Waals surface area contributed by atoms with E-state index in [0.29, 0.717) is 16.7 Å². The maximum atomic E-state index is 5.89. The van der Waals surface area contributed by atoms with Gasteiger partial charge in [0.05, 0.1) is 0 Å². The van der Waals surface area contributed by atoms with Crippen LogP contribution in [0, 0.1) is 0 Å². The Morgan fingerprint density at radius 3 is 2.53 bits per heavy atom. The second-order valence-corrected chi connectivity index (χ2v) is 3.62. The highest BCUT2D eigenvalue weighted by Crippen LogP contribution is 2.27. The molecule has 0 radical (unpaired) electrons. The van der Waals surface area contributed by atoms with Crippen LogP contribution in [0.15, 0.2) is 36.4 Å². The van der Waals surface area contributed by atoms with E-state index in [2.05, 4.69) is 4.98 Å². The fourth-order valence-electron chi connectivity index (χ4n) is 1.39. The molecule has 0 fully saturated rings. The van der Waals surface area contributed by atoms with Crippen LogP contribution in [0.3, 0.4) is 0 Å². The molecular formula is C11H10ClN3. The number of aromatic nitrogens is 1. The standard InChI is InChI=1S/C11H10ClN3/c12-8-3-1-2-7(6-8)9-4-5-10(13)15-11(9)14/h1-6H,(H4,13,14,15). The molecule has 0 aliphatic heterocycles. The van der Waals surface area contributed by atoms with Gasteiger partial charge in [-0.1, -0.05) is 23.7 Å². The SMILES string of the molecule is Nc1ccc(-c2cccc(Cl)c2)c(N)n1. The first-order chi connectivity index (χ1) is 7.16. The smallest absolute Gasteiger partial charge is 0.133 e. The maximum Gasteiger partial charge on any atom is 0.133 e. The molecule has 0 amide bonds. The van der Waals surface area contributed by atoms with Gasteiger partial charge in [0.25, 0.3) is 0 Å². The molecule has 4 N–H and O–H groups in total. The lowest BCUT2D eigenvalue weighted by molar-refractivity contribution is 1.34. The Hall–Kier alpha value is -1.74. The molecule has 4 heteroatoms. The summed E-state index contributed by atoms with van der Waals surface area (Å²) < 4.78 is 0. The number of benzene rings is 1. The van der Waals surface area contributed by atoms with E-state index in [0.717, 1.165) is 11.1 Å². The Labute approximate surface area is 92.7 Å². The minimum absolute atomic E-state index is 0.414. The van der Waals surface area contributed by atoms with Crippen LogP contribution in [0.1, 0.15) is 0 Å². The lowest BCUT2D eigenvalue weighted by atomic mass is 10.1. The van der Waals surface area contributed by atoms with E-state index in [9.17, 15) is 0 Å². The van der Waals surface area contributed by atoms with Gasteiger partial charge >= 0.3 is 0 Å². The average molecular weight is 220 g/mol. The van der Waals surface area contributed by atoms with Crippen LogP contribution in [0.2, 0.25) is 5.02 Å². The molecule has 0 aliphatic carbocycles. The van der Waals surface area contributed by atoms with E-state index in [-0.39, 0.29) is 0 Å². The predicted molar refractivity (Wildman–Crippen MR) is 63.5 cm³/mol. The minimum atomic E-state index is 0.414. The molecule has 0 atom stereocenters. The summed E-state index contributed by atoms with van der Waals surface area (Å²) in [4.78, 5) is 3.99. The quantitative estimate of drug-likeness (QED) is 0.775. The van der Waals surface area contributed by atoms with E-state index < -0.39 is 0 Å². The zero-order valence-corrected chi connectivity index (χ0v) is 8.70. The van der Waals surface area contributed by atoms with Crippen LogP contribution < -0.4 is 11.5 Å². The van der Waals surface area contributed by atoms with E-state index >= 15 is 0 Å². The number of nitrogens with zero attached hydrogens (tertiary/aromatic N) is 1. The number of pyridine rings is 1. The van der Waals surface area contributed by atoms with Gasteiger partial charge in [0.1, 0.15) is 11.6 Å². The summed E-state index contributed by atoms with van der Waals surface area (Å²) in [5.74, 6) is 0.829. The number of hydrogen-bond donors (Lipinski definition) is 2. The van der Waals surface area contributed by atoms with Gasteiger partial charge in [0.15, 0.2) is 0 Å². The first-order valence-electron chi connectivity index (χ1n) is 4.45. The average Bonchev–Trinajstić information content (AvgIpc) is 2.17. The van der Waals surface area contributed by atoms with Crippen molar-refractivity contribution in [3.63, 3.8) is 0 Å². The van der Waals surface area contributed by atoms with Crippen molar-refractivity contribution in [3.05, 3.63) is 41.4 Å². The van der Waals surface area contributed by atoms with Crippen LogP contribution in [-0.2, 0) is 0 Å². The van der Waals surface area contributed by atoms with Gasteiger partial charge in [-0.2, -0.15) is 0 Å². The highest BCUT2D eigenvalue weighted by molar-refractivity contribution is 6.30. The van der Waals surface area contributed by atoms with Gasteiger partial charge in [-0.05, 0) is 29.8 Å². The van der Waals surface area contributed by atoms with Crippen molar-refractivity contribution in [2.24, 2.45) is 0 Å². The highest BCUT2D eigenvalue weighted by Gasteiger charge is 2.04. The van der Waals surface area contributed by atoms with Crippen LogP contribution in [0.25, 0.3) is 11.1 Å². The number of nitrogens with two attached hydrogens (primary N) is 2. The van der Waals surface area contributed by atoms with Gasteiger partial charge in [0.2, 0.25) is 0 Å². The number of anilines is 2. The molecule has 0 spiro atoms. The van der Waals surface area contributed by atoms with Crippen molar-refractivity contribution < 1.29 is 0 Å². The van der Waals surface area contributed by atoms with Gasteiger partial charge in [0, 0.05) is 10.6 Å². The Morgan fingerprint density at radius 1 is 1.07 bits per heavy atom. The molecule has 0 saturated heterocycles. The minimum Gasteiger partial charge on any atom is -0.384 e. The van der Waals surface area contributed by atoms with Crippen molar-refractivity contribution in [2.45, 2.75) is 0 Å². The molecule has 15 heavy (non-hydrogen) atoms. The molecule has 1 aromatic heterocycles. The molecule has 0 bridgehead atoms.